The third-order valence-electron chi connectivity index (χ3n) is 4.92. The smallest absolute Gasteiger partial charge is 0.110 e. The zero-order chi connectivity index (χ0) is 14.1. The lowest BCUT2D eigenvalue weighted by Gasteiger charge is -2.32. The van der Waals surface area contributed by atoms with Gasteiger partial charge in [-0.3, -0.25) is 0 Å². The van der Waals surface area contributed by atoms with Gasteiger partial charge in [0.2, 0.25) is 0 Å². The molecule has 1 unspecified atom stereocenters. The van der Waals surface area contributed by atoms with Crippen LogP contribution in [0.4, 0.5) is 0 Å². The molecule has 2 aliphatic rings. The van der Waals surface area contributed by atoms with E-state index in [0.717, 1.165) is 17.9 Å². The van der Waals surface area contributed by atoms with Gasteiger partial charge in [-0.15, -0.1) is 11.3 Å². The minimum atomic E-state index is 0.521. The Kier molecular flexibility index (Phi) is 4.46. The first-order chi connectivity index (χ1) is 9.63. The zero-order valence-corrected chi connectivity index (χ0v) is 13.9. The Morgan fingerprint density at radius 3 is 2.40 bits per heavy atom. The summed E-state index contributed by atoms with van der Waals surface area (Å²) in [4.78, 5) is 4.94. The first-order valence-corrected chi connectivity index (χ1v) is 9.22. The van der Waals surface area contributed by atoms with E-state index in [1.54, 1.807) is 0 Å². The maximum absolute atomic E-state index is 4.94. The molecule has 0 amide bonds. The maximum Gasteiger partial charge on any atom is 0.110 e. The molecule has 2 saturated carbocycles. The van der Waals surface area contributed by atoms with Gasteiger partial charge >= 0.3 is 0 Å². The van der Waals surface area contributed by atoms with Crippen molar-refractivity contribution in [2.24, 2.45) is 11.8 Å². The van der Waals surface area contributed by atoms with E-state index in [1.807, 2.05) is 11.3 Å². The fraction of sp³-hybridized carbons (Fsp3) is 0.824. The van der Waals surface area contributed by atoms with Crippen LogP contribution in [-0.4, -0.2) is 11.0 Å². The third-order valence-corrected chi connectivity index (χ3v) is 5.87. The van der Waals surface area contributed by atoms with E-state index in [4.69, 9.17) is 4.98 Å². The molecule has 0 aromatic carbocycles. The molecule has 112 valence electrons. The quantitative estimate of drug-likeness (QED) is 0.836. The summed E-state index contributed by atoms with van der Waals surface area (Å²) in [5, 5.41) is 7.51. The minimum absolute atomic E-state index is 0.521. The van der Waals surface area contributed by atoms with Gasteiger partial charge in [-0.05, 0) is 43.4 Å². The average Bonchev–Trinajstić information content (AvgIpc) is 3.11. The topological polar surface area (TPSA) is 24.9 Å². The van der Waals surface area contributed by atoms with E-state index >= 15 is 0 Å². The molecular weight excluding hydrogens is 264 g/mol. The summed E-state index contributed by atoms with van der Waals surface area (Å²) in [5.41, 5.74) is 1.27. The average molecular weight is 292 g/mol. The van der Waals surface area contributed by atoms with Gasteiger partial charge in [0.15, 0.2) is 0 Å². The molecule has 1 heterocycles. The molecule has 1 N–H and O–H groups in total. The second-order valence-electron chi connectivity index (χ2n) is 7.20. The molecule has 20 heavy (non-hydrogen) atoms. The van der Waals surface area contributed by atoms with Gasteiger partial charge in [0.25, 0.3) is 0 Å². The molecule has 3 rings (SSSR count). The number of hydrogen-bond acceptors (Lipinski definition) is 3. The number of nitrogens with one attached hydrogen (secondary N) is 1. The second-order valence-corrected chi connectivity index (χ2v) is 8.09. The second kappa shape index (κ2) is 6.15. The van der Waals surface area contributed by atoms with Crippen molar-refractivity contribution in [3.05, 3.63) is 16.1 Å². The Balaban J connectivity index is 1.73. The molecule has 0 bridgehead atoms. The zero-order valence-electron chi connectivity index (χ0n) is 13.1. The number of rotatable bonds is 5. The van der Waals surface area contributed by atoms with Gasteiger partial charge in [0, 0.05) is 11.4 Å². The van der Waals surface area contributed by atoms with Crippen LogP contribution in [0.3, 0.4) is 0 Å². The third kappa shape index (κ3) is 3.43. The van der Waals surface area contributed by atoms with Gasteiger partial charge in [-0.25, -0.2) is 4.98 Å². The summed E-state index contributed by atoms with van der Waals surface area (Å²) < 4.78 is 0. The first-order valence-electron chi connectivity index (χ1n) is 8.35. The number of nitrogens with zero attached hydrogens (tertiary/aromatic N) is 1. The largest absolute Gasteiger partial charge is 0.305 e. The van der Waals surface area contributed by atoms with Crippen LogP contribution in [0.1, 0.15) is 82.0 Å². The Bertz CT molecular complexity index is 428. The fourth-order valence-electron chi connectivity index (χ4n) is 3.24. The monoisotopic (exact) mass is 292 g/mol. The van der Waals surface area contributed by atoms with Crippen molar-refractivity contribution in [3.63, 3.8) is 0 Å². The minimum Gasteiger partial charge on any atom is -0.305 e. The normalized spacial score (nSPS) is 28.8. The molecule has 3 heteroatoms. The van der Waals surface area contributed by atoms with E-state index in [9.17, 15) is 0 Å². The molecule has 0 saturated heterocycles. The molecule has 1 aromatic rings. The predicted octanol–water partition coefficient (Wildman–Crippen LogP) is 4.89. The van der Waals surface area contributed by atoms with Crippen LogP contribution in [0.15, 0.2) is 5.38 Å². The maximum atomic E-state index is 4.94. The molecule has 2 fully saturated rings. The summed E-state index contributed by atoms with van der Waals surface area (Å²) in [6.45, 7) is 6.88. The van der Waals surface area contributed by atoms with Gasteiger partial charge in [0.1, 0.15) is 5.01 Å². The molecule has 1 aromatic heterocycles. The molecule has 1 atom stereocenters. The lowest BCUT2D eigenvalue weighted by atomic mass is 9.79. The van der Waals surface area contributed by atoms with E-state index in [1.165, 1.54) is 49.2 Å². The SMILES string of the molecule is CC1CCC(C(NC2CC2)c2nc(C(C)C)cs2)CC1. The highest BCUT2D eigenvalue weighted by molar-refractivity contribution is 7.09. The molecule has 0 radical (unpaired) electrons. The Labute approximate surface area is 127 Å². The van der Waals surface area contributed by atoms with Crippen LogP contribution in [0.2, 0.25) is 0 Å². The Morgan fingerprint density at radius 1 is 1.15 bits per heavy atom. The van der Waals surface area contributed by atoms with Crippen LogP contribution in [-0.2, 0) is 0 Å². The van der Waals surface area contributed by atoms with Gasteiger partial charge in [-0.2, -0.15) is 0 Å². The van der Waals surface area contributed by atoms with Gasteiger partial charge in [-0.1, -0.05) is 33.6 Å². The van der Waals surface area contributed by atoms with Crippen LogP contribution >= 0.6 is 11.3 Å². The summed E-state index contributed by atoms with van der Waals surface area (Å²) in [5.74, 6) is 2.28. The Morgan fingerprint density at radius 2 is 1.85 bits per heavy atom. The lowest BCUT2D eigenvalue weighted by molar-refractivity contribution is 0.229. The summed E-state index contributed by atoms with van der Waals surface area (Å²) >= 11 is 1.88. The van der Waals surface area contributed by atoms with Crippen LogP contribution in [0.5, 0.6) is 0 Å². The summed E-state index contributed by atoms with van der Waals surface area (Å²) in [6.07, 6.45) is 8.28. The number of aromatic nitrogens is 1. The fourth-order valence-corrected chi connectivity index (χ4v) is 4.37. The molecule has 2 nitrogen and oxygen atoms in total. The predicted molar refractivity (Wildman–Crippen MR) is 86.2 cm³/mol. The van der Waals surface area contributed by atoms with Crippen molar-refractivity contribution < 1.29 is 0 Å². The highest BCUT2D eigenvalue weighted by atomic mass is 32.1. The van der Waals surface area contributed by atoms with Gasteiger partial charge < -0.3 is 5.32 Å². The first kappa shape index (κ1) is 14.5. The van der Waals surface area contributed by atoms with Crippen LogP contribution < -0.4 is 5.32 Å². The standard InChI is InChI=1S/C17H28N2S/c1-11(2)15-10-20-17(19-15)16(18-14-8-9-14)13-6-4-12(3)5-7-13/h10-14,16,18H,4-9H2,1-3H3. The van der Waals surface area contributed by atoms with E-state index in [-0.39, 0.29) is 0 Å². The number of thiazole rings is 1. The van der Waals surface area contributed by atoms with Crippen molar-refractivity contribution in [1.82, 2.24) is 10.3 Å². The summed E-state index contributed by atoms with van der Waals surface area (Å²) in [6, 6.07) is 1.29. The molecule has 2 aliphatic carbocycles. The highest BCUT2D eigenvalue weighted by Gasteiger charge is 2.33. The van der Waals surface area contributed by atoms with Crippen LogP contribution in [0.25, 0.3) is 0 Å². The van der Waals surface area contributed by atoms with Crippen molar-refractivity contribution in [1.29, 1.82) is 0 Å². The van der Waals surface area contributed by atoms with Crippen molar-refractivity contribution >= 4 is 11.3 Å². The van der Waals surface area contributed by atoms with Gasteiger partial charge in [0.05, 0.1) is 11.7 Å². The van der Waals surface area contributed by atoms with Crippen LogP contribution in [0, 0.1) is 11.8 Å². The molecular formula is C17H28N2S. The van der Waals surface area contributed by atoms with Crippen molar-refractivity contribution in [2.75, 3.05) is 0 Å². The molecule has 0 spiro atoms. The van der Waals surface area contributed by atoms with E-state index in [0.29, 0.717) is 12.0 Å². The highest BCUT2D eigenvalue weighted by Crippen LogP contribution is 2.39. The van der Waals surface area contributed by atoms with Crippen molar-refractivity contribution in [3.8, 4) is 0 Å². The van der Waals surface area contributed by atoms with E-state index < -0.39 is 0 Å². The molecule has 0 aliphatic heterocycles. The summed E-state index contributed by atoms with van der Waals surface area (Å²) in [7, 11) is 0. The van der Waals surface area contributed by atoms with Crippen molar-refractivity contribution in [2.45, 2.75) is 77.3 Å². The van der Waals surface area contributed by atoms with E-state index in [2.05, 4.69) is 31.5 Å². The lowest BCUT2D eigenvalue weighted by Crippen LogP contribution is -2.32. The number of hydrogen-bond donors (Lipinski definition) is 1. The Hall–Kier alpha value is -0.410.